The van der Waals surface area contributed by atoms with Crippen LogP contribution in [0.5, 0.6) is 5.75 Å². The van der Waals surface area contributed by atoms with Crippen molar-refractivity contribution in [2.45, 2.75) is 6.92 Å². The molecule has 0 spiro atoms. The molecule has 2 aromatic rings. The summed E-state index contributed by atoms with van der Waals surface area (Å²) in [6, 6.07) is 5.16. The summed E-state index contributed by atoms with van der Waals surface area (Å²) >= 11 is 4.99. The van der Waals surface area contributed by atoms with Crippen molar-refractivity contribution in [3.05, 3.63) is 47.5 Å². The highest BCUT2D eigenvalue weighted by atomic mass is 32.1. The molecule has 1 aromatic carbocycles. The number of nitrogens with two attached hydrogens (primary N) is 1. The molecule has 0 aliphatic rings. The molecule has 6 nitrogen and oxygen atoms in total. The van der Waals surface area contributed by atoms with Gasteiger partial charge in [-0.05, 0) is 19.1 Å². The number of para-hydroxylation sites is 1. The smallest absolute Gasteiger partial charge is 0.275 e. The van der Waals surface area contributed by atoms with Gasteiger partial charge in [0.1, 0.15) is 16.4 Å². The van der Waals surface area contributed by atoms with Crippen LogP contribution in [0.4, 0.5) is 5.69 Å². The first-order valence-corrected chi connectivity index (χ1v) is 6.50. The van der Waals surface area contributed by atoms with Gasteiger partial charge in [-0.25, -0.2) is 4.98 Å². The van der Waals surface area contributed by atoms with Crippen LogP contribution in [0.2, 0.25) is 0 Å². The number of benzene rings is 1. The summed E-state index contributed by atoms with van der Waals surface area (Å²) in [6.45, 7) is 1.79. The van der Waals surface area contributed by atoms with Crippen LogP contribution in [-0.2, 0) is 0 Å². The first-order valence-electron chi connectivity index (χ1n) is 6.09. The van der Waals surface area contributed by atoms with Gasteiger partial charge in [-0.3, -0.25) is 9.78 Å². The van der Waals surface area contributed by atoms with Crippen molar-refractivity contribution in [1.29, 1.82) is 0 Å². The zero-order valence-corrected chi connectivity index (χ0v) is 12.4. The Morgan fingerprint density at radius 3 is 2.67 bits per heavy atom. The Morgan fingerprint density at radius 1 is 1.33 bits per heavy atom. The third-order valence-electron chi connectivity index (χ3n) is 2.76. The predicted octanol–water partition coefficient (Wildman–Crippen LogP) is 1.68. The van der Waals surface area contributed by atoms with Gasteiger partial charge in [-0.1, -0.05) is 18.3 Å². The number of aromatic nitrogens is 2. The first-order chi connectivity index (χ1) is 10.0. The van der Waals surface area contributed by atoms with Crippen LogP contribution in [0.3, 0.4) is 0 Å². The molecule has 1 heterocycles. The molecule has 3 N–H and O–H groups in total. The lowest BCUT2D eigenvalue weighted by molar-refractivity contribution is 0.102. The molecule has 0 bridgehead atoms. The molecule has 0 unspecified atom stereocenters. The second-order valence-electron chi connectivity index (χ2n) is 4.24. The van der Waals surface area contributed by atoms with E-state index in [2.05, 4.69) is 15.3 Å². The number of methoxy groups -OCH3 is 1. The molecule has 1 aromatic heterocycles. The minimum absolute atomic E-state index is 0.166. The van der Waals surface area contributed by atoms with Crippen molar-refractivity contribution in [3.8, 4) is 5.75 Å². The maximum atomic E-state index is 12.2. The molecule has 0 saturated carbocycles. The minimum atomic E-state index is -0.412. The number of hydrogen-bond acceptors (Lipinski definition) is 5. The van der Waals surface area contributed by atoms with Crippen molar-refractivity contribution < 1.29 is 9.53 Å². The van der Waals surface area contributed by atoms with Crippen LogP contribution >= 0.6 is 12.2 Å². The van der Waals surface area contributed by atoms with Gasteiger partial charge in [0.2, 0.25) is 0 Å². The van der Waals surface area contributed by atoms with Crippen LogP contribution in [0.1, 0.15) is 21.7 Å². The van der Waals surface area contributed by atoms with Crippen LogP contribution in [0.15, 0.2) is 30.6 Å². The number of thiocarbonyl (C=S) groups is 1. The average molecular weight is 302 g/mol. The number of nitrogens with one attached hydrogen (secondary N) is 1. The maximum Gasteiger partial charge on any atom is 0.275 e. The summed E-state index contributed by atoms with van der Waals surface area (Å²) < 4.78 is 5.23. The molecule has 108 valence electrons. The second kappa shape index (κ2) is 6.27. The Bertz CT molecular complexity index is 686. The molecule has 0 atom stereocenters. The molecule has 7 heteroatoms. The SMILES string of the molecule is COc1cccc(C(N)=S)c1NC(=O)c1cnc(C)cn1. The highest BCUT2D eigenvalue weighted by Gasteiger charge is 2.16. The van der Waals surface area contributed by atoms with E-state index < -0.39 is 5.91 Å². The summed E-state index contributed by atoms with van der Waals surface area (Å²) in [5.41, 5.74) is 7.54. The molecule has 1 amide bonds. The summed E-state index contributed by atoms with van der Waals surface area (Å²) in [7, 11) is 1.50. The number of rotatable bonds is 4. The lowest BCUT2D eigenvalue weighted by Crippen LogP contribution is -2.19. The van der Waals surface area contributed by atoms with E-state index in [1.165, 1.54) is 19.5 Å². The Balaban J connectivity index is 2.36. The Labute approximate surface area is 127 Å². The van der Waals surface area contributed by atoms with E-state index in [4.69, 9.17) is 22.7 Å². The van der Waals surface area contributed by atoms with E-state index in [0.717, 1.165) is 5.69 Å². The van der Waals surface area contributed by atoms with Crippen molar-refractivity contribution in [2.24, 2.45) is 5.73 Å². The lowest BCUT2D eigenvalue weighted by Gasteiger charge is -2.13. The largest absolute Gasteiger partial charge is 0.495 e. The standard InChI is InChI=1S/C14H14N4O2S/c1-8-6-17-10(7-16-8)14(19)18-12-9(13(15)21)4-3-5-11(12)20-2/h3-7H,1-2H3,(H2,15,21)(H,18,19). The lowest BCUT2D eigenvalue weighted by atomic mass is 10.1. The summed E-state index contributed by atoms with van der Waals surface area (Å²) in [5.74, 6) is 0.0539. The Hall–Kier alpha value is -2.54. The average Bonchev–Trinajstić information content (AvgIpc) is 2.47. The molecule has 0 fully saturated rings. The van der Waals surface area contributed by atoms with Gasteiger partial charge in [0.15, 0.2) is 0 Å². The van der Waals surface area contributed by atoms with E-state index in [0.29, 0.717) is 17.0 Å². The summed E-state index contributed by atoms with van der Waals surface area (Å²) in [6.07, 6.45) is 2.92. The molecule has 21 heavy (non-hydrogen) atoms. The number of amides is 1. The highest BCUT2D eigenvalue weighted by molar-refractivity contribution is 7.80. The van der Waals surface area contributed by atoms with Crippen LogP contribution < -0.4 is 15.8 Å². The van der Waals surface area contributed by atoms with Crippen molar-refractivity contribution in [1.82, 2.24) is 9.97 Å². The van der Waals surface area contributed by atoms with E-state index in [1.54, 1.807) is 25.1 Å². The monoisotopic (exact) mass is 302 g/mol. The molecule has 0 radical (unpaired) electrons. The fourth-order valence-electron chi connectivity index (χ4n) is 1.72. The predicted molar refractivity (Wildman–Crippen MR) is 83.6 cm³/mol. The van der Waals surface area contributed by atoms with Gasteiger partial charge >= 0.3 is 0 Å². The zero-order chi connectivity index (χ0) is 15.4. The van der Waals surface area contributed by atoms with Gasteiger partial charge in [-0.15, -0.1) is 0 Å². The highest BCUT2D eigenvalue weighted by Crippen LogP contribution is 2.28. The van der Waals surface area contributed by atoms with Gasteiger partial charge in [-0.2, -0.15) is 0 Å². The first kappa shape index (κ1) is 14.9. The fourth-order valence-corrected chi connectivity index (χ4v) is 1.89. The molecular weight excluding hydrogens is 288 g/mol. The molecule has 2 rings (SSSR count). The normalized spacial score (nSPS) is 10.0. The fraction of sp³-hybridized carbons (Fsp3) is 0.143. The number of aryl methyl sites for hydroxylation is 1. The van der Waals surface area contributed by atoms with Gasteiger partial charge in [0, 0.05) is 11.8 Å². The number of nitrogens with zero attached hydrogens (tertiary/aromatic N) is 2. The summed E-state index contributed by atoms with van der Waals surface area (Å²) in [4.78, 5) is 20.4. The molecule has 0 aliphatic heterocycles. The minimum Gasteiger partial charge on any atom is -0.495 e. The number of hydrogen-bond donors (Lipinski definition) is 2. The number of anilines is 1. The molecule has 0 saturated heterocycles. The van der Waals surface area contributed by atoms with Crippen molar-refractivity contribution >= 4 is 28.8 Å². The van der Waals surface area contributed by atoms with Gasteiger partial charge in [0.25, 0.3) is 5.91 Å². The molecule has 0 aliphatic carbocycles. The second-order valence-corrected chi connectivity index (χ2v) is 4.68. The van der Waals surface area contributed by atoms with E-state index >= 15 is 0 Å². The third-order valence-corrected chi connectivity index (χ3v) is 2.98. The quantitative estimate of drug-likeness (QED) is 0.835. The van der Waals surface area contributed by atoms with Gasteiger partial charge < -0.3 is 15.8 Å². The third kappa shape index (κ3) is 3.32. The summed E-state index contributed by atoms with van der Waals surface area (Å²) in [5, 5.41) is 2.71. The maximum absolute atomic E-state index is 12.2. The number of ether oxygens (including phenoxy) is 1. The van der Waals surface area contributed by atoms with Crippen molar-refractivity contribution in [3.63, 3.8) is 0 Å². The van der Waals surface area contributed by atoms with Crippen LogP contribution in [0.25, 0.3) is 0 Å². The van der Waals surface area contributed by atoms with E-state index in [-0.39, 0.29) is 10.7 Å². The Kier molecular flexibility index (Phi) is 4.44. The van der Waals surface area contributed by atoms with E-state index in [1.807, 2.05) is 0 Å². The number of carbonyl (C=O) groups is 1. The molecular formula is C14H14N4O2S. The number of carbonyl (C=O) groups excluding carboxylic acids is 1. The topological polar surface area (TPSA) is 90.1 Å². The van der Waals surface area contributed by atoms with Crippen molar-refractivity contribution in [2.75, 3.05) is 12.4 Å². The Morgan fingerprint density at radius 2 is 2.10 bits per heavy atom. The van der Waals surface area contributed by atoms with E-state index in [9.17, 15) is 4.79 Å². The van der Waals surface area contributed by atoms with Gasteiger partial charge in [0.05, 0.1) is 24.7 Å². The van der Waals surface area contributed by atoms with Crippen LogP contribution in [0, 0.1) is 6.92 Å². The zero-order valence-electron chi connectivity index (χ0n) is 11.6. The van der Waals surface area contributed by atoms with Crippen LogP contribution in [-0.4, -0.2) is 28.0 Å².